The van der Waals surface area contributed by atoms with E-state index in [2.05, 4.69) is 10.1 Å². The largest absolute Gasteiger partial charge is 0.500 e. The van der Waals surface area contributed by atoms with Crippen molar-refractivity contribution in [3.8, 4) is 11.5 Å². The lowest BCUT2D eigenvalue weighted by Crippen LogP contribution is -2.36. The molecule has 0 saturated carbocycles. The first-order valence-corrected chi connectivity index (χ1v) is 10.7. The Morgan fingerprint density at radius 2 is 1.97 bits per heavy atom. The number of nitrogens with one attached hydrogen (secondary N) is 1. The van der Waals surface area contributed by atoms with Gasteiger partial charge in [0.2, 0.25) is 11.7 Å². The summed E-state index contributed by atoms with van der Waals surface area (Å²) in [6, 6.07) is 6.34. The predicted molar refractivity (Wildman–Crippen MR) is 125 cm³/mol. The van der Waals surface area contributed by atoms with E-state index in [0.29, 0.717) is 16.7 Å². The lowest BCUT2D eigenvalue weighted by molar-refractivity contribution is -0.386. The molecule has 3 rings (SSSR count). The number of phenols is 1. The third kappa shape index (κ3) is 5.53. The lowest BCUT2D eigenvalue weighted by Gasteiger charge is -2.13. The van der Waals surface area contributed by atoms with E-state index in [-0.39, 0.29) is 32.5 Å². The third-order valence-electron chi connectivity index (χ3n) is 4.62. The maximum absolute atomic E-state index is 12.7. The Balaban J connectivity index is 1.78. The van der Waals surface area contributed by atoms with Crippen LogP contribution in [-0.4, -0.2) is 58.7 Å². The second kappa shape index (κ2) is 10.4. The van der Waals surface area contributed by atoms with Gasteiger partial charge in [0.15, 0.2) is 5.75 Å². The van der Waals surface area contributed by atoms with E-state index in [1.165, 1.54) is 44.6 Å². The zero-order valence-electron chi connectivity index (χ0n) is 18.1. The number of phenolic OH excluding ortho intramolecular Hbond substituents is 1. The molecule has 12 nitrogen and oxygen atoms in total. The Bertz CT molecular complexity index is 1300. The van der Waals surface area contributed by atoms with Gasteiger partial charge >= 0.3 is 11.7 Å². The van der Waals surface area contributed by atoms with Crippen LogP contribution in [0.25, 0.3) is 6.08 Å². The summed E-state index contributed by atoms with van der Waals surface area (Å²) in [6.45, 7) is -0.628. The number of carbonyl (C=O) groups excluding carboxylic acids is 4. The summed E-state index contributed by atoms with van der Waals surface area (Å²) in [6.07, 6.45) is 1.21. The van der Waals surface area contributed by atoms with E-state index in [4.69, 9.17) is 16.3 Å². The highest BCUT2D eigenvalue weighted by Crippen LogP contribution is 2.39. The minimum Gasteiger partial charge on any atom is -0.500 e. The summed E-state index contributed by atoms with van der Waals surface area (Å²) in [4.78, 5) is 60.2. The number of anilines is 1. The third-order valence-corrected chi connectivity index (χ3v) is 5.86. The molecule has 0 atom stereocenters. The van der Waals surface area contributed by atoms with Crippen molar-refractivity contribution in [2.45, 2.75) is 0 Å². The zero-order chi connectivity index (χ0) is 25.9. The van der Waals surface area contributed by atoms with Gasteiger partial charge in [0.25, 0.3) is 11.1 Å². The van der Waals surface area contributed by atoms with Crippen molar-refractivity contribution in [3.63, 3.8) is 0 Å². The highest BCUT2D eigenvalue weighted by Gasteiger charge is 2.36. The number of benzene rings is 2. The molecular formula is C21H16ClN3O9S. The van der Waals surface area contributed by atoms with Crippen LogP contribution in [0.15, 0.2) is 35.2 Å². The molecule has 1 aliphatic rings. The number of nitro groups is 1. The van der Waals surface area contributed by atoms with Gasteiger partial charge in [-0.1, -0.05) is 11.6 Å². The van der Waals surface area contributed by atoms with Gasteiger partial charge in [0.1, 0.15) is 6.54 Å². The number of esters is 1. The fraction of sp³-hybridized carbons (Fsp3) is 0.143. The van der Waals surface area contributed by atoms with Crippen LogP contribution in [0.3, 0.4) is 0 Å². The van der Waals surface area contributed by atoms with Crippen molar-refractivity contribution in [3.05, 3.63) is 61.5 Å². The fourth-order valence-corrected chi connectivity index (χ4v) is 4.03. The molecule has 2 N–H and O–H groups in total. The van der Waals surface area contributed by atoms with Crippen molar-refractivity contribution in [2.24, 2.45) is 0 Å². The Labute approximate surface area is 206 Å². The number of hydrogen-bond acceptors (Lipinski definition) is 10. The monoisotopic (exact) mass is 521 g/mol. The number of amides is 3. The second-order valence-electron chi connectivity index (χ2n) is 6.85. The molecule has 0 aromatic heterocycles. The molecule has 0 radical (unpaired) electrons. The molecule has 3 amide bonds. The minimum atomic E-state index is -0.826. The molecule has 0 spiro atoms. The SMILES string of the molecule is COC(=O)c1cc(NC(=O)CN2C(=O)S/C(=C/c3cc(OC)c(O)c([N+](=O)[O-])c3)C2=O)ccc1Cl. The average Bonchev–Trinajstić information content (AvgIpc) is 3.07. The number of carbonyl (C=O) groups is 4. The number of imide groups is 1. The highest BCUT2D eigenvalue weighted by atomic mass is 35.5. The van der Waals surface area contributed by atoms with Gasteiger partial charge in [-0.25, -0.2) is 4.79 Å². The summed E-state index contributed by atoms with van der Waals surface area (Å²) < 4.78 is 9.53. The Kier molecular flexibility index (Phi) is 7.62. The maximum atomic E-state index is 12.7. The quantitative estimate of drug-likeness (QED) is 0.238. The Hall–Kier alpha value is -4.10. The summed E-state index contributed by atoms with van der Waals surface area (Å²) >= 11 is 6.48. The molecule has 182 valence electrons. The van der Waals surface area contributed by atoms with E-state index in [1.54, 1.807) is 0 Å². The molecule has 2 aromatic rings. The normalized spacial score (nSPS) is 14.3. The van der Waals surface area contributed by atoms with E-state index in [0.717, 1.165) is 6.07 Å². The van der Waals surface area contributed by atoms with Gasteiger partial charge in [0.05, 0.1) is 34.6 Å². The van der Waals surface area contributed by atoms with E-state index < -0.39 is 45.9 Å². The number of rotatable bonds is 7. The molecule has 1 heterocycles. The second-order valence-corrected chi connectivity index (χ2v) is 8.25. The summed E-state index contributed by atoms with van der Waals surface area (Å²) in [5.74, 6) is -3.12. The topological polar surface area (TPSA) is 165 Å². The van der Waals surface area contributed by atoms with Crippen LogP contribution in [0.2, 0.25) is 5.02 Å². The van der Waals surface area contributed by atoms with E-state index in [9.17, 15) is 34.4 Å². The Morgan fingerprint density at radius 1 is 1.26 bits per heavy atom. The van der Waals surface area contributed by atoms with Gasteiger partial charge < -0.3 is 19.9 Å². The van der Waals surface area contributed by atoms with Crippen LogP contribution >= 0.6 is 23.4 Å². The minimum absolute atomic E-state index is 0.0134. The Morgan fingerprint density at radius 3 is 2.60 bits per heavy atom. The van der Waals surface area contributed by atoms with Crippen LogP contribution in [0.1, 0.15) is 15.9 Å². The first-order valence-electron chi connectivity index (χ1n) is 9.54. The molecule has 0 unspecified atom stereocenters. The maximum Gasteiger partial charge on any atom is 0.339 e. The zero-order valence-corrected chi connectivity index (χ0v) is 19.6. The van der Waals surface area contributed by atoms with Gasteiger partial charge in [-0.3, -0.25) is 29.4 Å². The molecule has 1 saturated heterocycles. The lowest BCUT2D eigenvalue weighted by atomic mass is 10.1. The van der Waals surface area contributed by atoms with Gasteiger partial charge in [-0.2, -0.15) is 0 Å². The number of hydrogen-bond donors (Lipinski definition) is 2. The van der Waals surface area contributed by atoms with Crippen molar-refractivity contribution < 1.29 is 38.7 Å². The molecule has 0 bridgehead atoms. The van der Waals surface area contributed by atoms with Crippen molar-refractivity contribution >= 4 is 63.8 Å². The fourth-order valence-electron chi connectivity index (χ4n) is 2.99. The van der Waals surface area contributed by atoms with Crippen LogP contribution in [-0.2, 0) is 14.3 Å². The standard InChI is InChI=1S/C21H16ClN3O9S/c1-33-15-6-10(5-14(18(15)27)25(31)32)7-16-19(28)24(21(30)35-16)9-17(26)23-11-3-4-13(22)12(8-11)20(29)34-2/h3-8,27H,9H2,1-2H3,(H,23,26)/b16-7+. The van der Waals surface area contributed by atoms with Crippen molar-refractivity contribution in [1.29, 1.82) is 0 Å². The molecular weight excluding hydrogens is 506 g/mol. The number of methoxy groups -OCH3 is 2. The van der Waals surface area contributed by atoms with Crippen LogP contribution in [0.4, 0.5) is 16.2 Å². The number of thioether (sulfide) groups is 1. The summed E-state index contributed by atoms with van der Waals surface area (Å²) in [5, 5.41) is 22.9. The molecule has 35 heavy (non-hydrogen) atoms. The van der Waals surface area contributed by atoms with E-state index >= 15 is 0 Å². The van der Waals surface area contributed by atoms with Crippen molar-refractivity contribution in [1.82, 2.24) is 4.90 Å². The van der Waals surface area contributed by atoms with Gasteiger partial charge in [0, 0.05) is 11.8 Å². The van der Waals surface area contributed by atoms with Gasteiger partial charge in [-0.15, -0.1) is 0 Å². The van der Waals surface area contributed by atoms with Gasteiger partial charge in [-0.05, 0) is 47.7 Å². The predicted octanol–water partition coefficient (Wildman–Crippen LogP) is 3.42. The summed E-state index contributed by atoms with van der Waals surface area (Å²) in [5.41, 5.74) is -0.327. The molecule has 1 fully saturated rings. The van der Waals surface area contributed by atoms with E-state index in [1.807, 2.05) is 0 Å². The number of nitrogens with zero attached hydrogens (tertiary/aromatic N) is 2. The molecule has 14 heteroatoms. The summed E-state index contributed by atoms with van der Waals surface area (Å²) in [7, 11) is 2.37. The molecule has 0 aliphatic carbocycles. The highest BCUT2D eigenvalue weighted by molar-refractivity contribution is 8.18. The molecule has 2 aromatic carbocycles. The van der Waals surface area contributed by atoms with Crippen LogP contribution in [0, 0.1) is 10.1 Å². The van der Waals surface area contributed by atoms with Crippen molar-refractivity contribution in [2.75, 3.05) is 26.1 Å². The number of nitro benzene ring substituents is 1. The smallest absolute Gasteiger partial charge is 0.339 e. The first kappa shape index (κ1) is 25.5. The average molecular weight is 522 g/mol. The molecule has 1 aliphatic heterocycles. The number of ether oxygens (including phenoxy) is 2. The number of aromatic hydroxyl groups is 1. The first-order chi connectivity index (χ1) is 16.5. The number of halogens is 1. The van der Waals surface area contributed by atoms with Crippen LogP contribution < -0.4 is 10.1 Å². The van der Waals surface area contributed by atoms with Crippen LogP contribution in [0.5, 0.6) is 11.5 Å².